The Hall–Kier alpha value is -2.08. The molecule has 1 atom stereocenters. The van der Waals surface area contributed by atoms with Gasteiger partial charge in [0.1, 0.15) is 0 Å². The molecule has 0 spiro atoms. The topological polar surface area (TPSA) is 54.4 Å². The maximum Gasteiger partial charge on any atom is 0.307 e. The molecule has 3 nitrogen and oxygen atoms in total. The average molecular weight is 214 g/mol. The number of benzene rings is 1. The minimum Gasteiger partial charge on any atom is -0.481 e. The second-order valence-electron chi connectivity index (χ2n) is 3.88. The van der Waals surface area contributed by atoms with Crippen molar-refractivity contribution < 1.29 is 14.7 Å². The number of aliphatic carboxylic acids is 1. The minimum atomic E-state index is -0.926. The van der Waals surface area contributed by atoms with Gasteiger partial charge in [0.15, 0.2) is 5.78 Å². The van der Waals surface area contributed by atoms with Gasteiger partial charge in [0, 0.05) is 17.5 Å². The van der Waals surface area contributed by atoms with Crippen molar-refractivity contribution >= 4 is 11.8 Å². The van der Waals surface area contributed by atoms with Crippen LogP contribution in [-0.2, 0) is 11.2 Å². The molecule has 0 heterocycles. The first-order chi connectivity index (χ1) is 7.61. The lowest BCUT2D eigenvalue weighted by Crippen LogP contribution is -2.26. The molecule has 2 rings (SSSR count). The number of carbonyl (C=O) groups is 2. The molecule has 1 N–H and O–H groups in total. The van der Waals surface area contributed by atoms with Gasteiger partial charge in [-0.1, -0.05) is 5.92 Å². The number of fused-ring (bicyclic) bond motifs is 1. The summed E-state index contributed by atoms with van der Waals surface area (Å²) in [7, 11) is 0. The normalized spacial score (nSPS) is 18.7. The average Bonchev–Trinajstić information content (AvgIpc) is 2.28. The van der Waals surface area contributed by atoms with E-state index in [0.29, 0.717) is 17.5 Å². The van der Waals surface area contributed by atoms with Crippen molar-refractivity contribution in [1.82, 2.24) is 0 Å². The molecule has 1 aliphatic rings. The summed E-state index contributed by atoms with van der Waals surface area (Å²) in [6.07, 6.45) is 5.72. The van der Waals surface area contributed by atoms with E-state index in [2.05, 4.69) is 5.92 Å². The maximum absolute atomic E-state index is 11.7. The first kappa shape index (κ1) is 10.4. The summed E-state index contributed by atoms with van der Waals surface area (Å²) < 4.78 is 0. The second-order valence-corrected chi connectivity index (χ2v) is 3.88. The van der Waals surface area contributed by atoms with Crippen LogP contribution in [0, 0.1) is 18.3 Å². The number of carboxylic acids is 1. The summed E-state index contributed by atoms with van der Waals surface area (Å²) in [4.78, 5) is 22.6. The first-order valence-electron chi connectivity index (χ1n) is 4.97. The molecule has 1 unspecified atom stereocenters. The molecule has 0 bridgehead atoms. The Morgan fingerprint density at radius 1 is 1.44 bits per heavy atom. The van der Waals surface area contributed by atoms with Gasteiger partial charge in [-0.25, -0.2) is 0 Å². The van der Waals surface area contributed by atoms with Crippen LogP contribution in [0.5, 0.6) is 0 Å². The smallest absolute Gasteiger partial charge is 0.307 e. The molecule has 0 radical (unpaired) electrons. The zero-order chi connectivity index (χ0) is 11.7. The molecular weight excluding hydrogens is 204 g/mol. The third kappa shape index (κ3) is 1.70. The molecule has 1 aromatic rings. The molecule has 1 aliphatic carbocycles. The van der Waals surface area contributed by atoms with Crippen molar-refractivity contribution in [3.8, 4) is 12.3 Å². The fourth-order valence-electron chi connectivity index (χ4n) is 1.97. The van der Waals surface area contributed by atoms with E-state index in [-0.39, 0.29) is 12.2 Å². The van der Waals surface area contributed by atoms with Crippen molar-refractivity contribution in [2.45, 2.75) is 12.8 Å². The van der Waals surface area contributed by atoms with Gasteiger partial charge in [0.25, 0.3) is 0 Å². The molecule has 80 valence electrons. The van der Waals surface area contributed by atoms with Crippen molar-refractivity contribution in [2.75, 3.05) is 0 Å². The Morgan fingerprint density at radius 3 is 2.81 bits per heavy atom. The quantitative estimate of drug-likeness (QED) is 0.721. The fourth-order valence-corrected chi connectivity index (χ4v) is 1.97. The highest BCUT2D eigenvalue weighted by Crippen LogP contribution is 2.26. The van der Waals surface area contributed by atoms with Crippen molar-refractivity contribution in [2.24, 2.45) is 5.92 Å². The molecular formula is C13H10O3. The molecule has 0 fully saturated rings. The van der Waals surface area contributed by atoms with Crippen LogP contribution in [0.15, 0.2) is 18.2 Å². The van der Waals surface area contributed by atoms with Gasteiger partial charge in [-0.15, -0.1) is 6.42 Å². The predicted molar refractivity (Wildman–Crippen MR) is 58.2 cm³/mol. The summed E-state index contributed by atoms with van der Waals surface area (Å²) in [6, 6.07) is 5.12. The van der Waals surface area contributed by atoms with Crippen LogP contribution in [0.2, 0.25) is 0 Å². The van der Waals surface area contributed by atoms with Gasteiger partial charge in [-0.05, 0) is 30.2 Å². The Bertz CT molecular complexity index is 508. The number of hydrogen-bond donors (Lipinski definition) is 1. The lowest BCUT2D eigenvalue weighted by molar-refractivity contribution is -0.141. The Kier molecular flexibility index (Phi) is 2.49. The van der Waals surface area contributed by atoms with E-state index in [1.807, 2.05) is 0 Å². The second kappa shape index (κ2) is 3.82. The van der Waals surface area contributed by atoms with E-state index in [0.717, 1.165) is 5.56 Å². The number of hydrogen-bond acceptors (Lipinski definition) is 2. The lowest BCUT2D eigenvalue weighted by Gasteiger charge is -2.20. The summed E-state index contributed by atoms with van der Waals surface area (Å²) in [5.74, 6) is 0.820. The Balaban J connectivity index is 2.44. The largest absolute Gasteiger partial charge is 0.481 e. The number of ketones is 1. The molecule has 0 saturated carbocycles. The summed E-state index contributed by atoms with van der Waals surface area (Å²) in [5, 5.41) is 8.92. The first-order valence-corrected chi connectivity index (χ1v) is 4.97. The van der Waals surface area contributed by atoms with E-state index in [1.165, 1.54) is 0 Å². The van der Waals surface area contributed by atoms with Crippen LogP contribution in [0.1, 0.15) is 27.9 Å². The number of rotatable bonds is 1. The lowest BCUT2D eigenvalue weighted by atomic mass is 9.82. The number of carboxylic acid groups (broad SMARTS) is 1. The van der Waals surface area contributed by atoms with Gasteiger partial charge in [0.2, 0.25) is 0 Å². The molecule has 0 aromatic heterocycles. The highest BCUT2D eigenvalue weighted by molar-refractivity contribution is 6.01. The Morgan fingerprint density at radius 2 is 2.19 bits per heavy atom. The summed E-state index contributed by atoms with van der Waals surface area (Å²) in [6.45, 7) is 0. The van der Waals surface area contributed by atoms with Crippen molar-refractivity contribution in [3.63, 3.8) is 0 Å². The Labute approximate surface area is 93.1 Å². The summed E-state index contributed by atoms with van der Waals surface area (Å²) >= 11 is 0. The molecule has 0 amide bonds. The zero-order valence-corrected chi connectivity index (χ0v) is 8.56. The van der Waals surface area contributed by atoms with E-state index < -0.39 is 11.9 Å². The monoisotopic (exact) mass is 214 g/mol. The van der Waals surface area contributed by atoms with Crippen LogP contribution in [0.25, 0.3) is 0 Å². The standard InChI is InChI=1S/C13H10O3/c1-2-8-3-4-11-9(5-8)6-10(13(15)16)7-12(11)14/h1,3-5,10H,6-7H2,(H,15,16). The molecule has 0 aliphatic heterocycles. The van der Waals surface area contributed by atoms with E-state index in [4.69, 9.17) is 11.5 Å². The van der Waals surface area contributed by atoms with Gasteiger partial charge >= 0.3 is 5.97 Å². The van der Waals surface area contributed by atoms with Crippen molar-refractivity contribution in [3.05, 3.63) is 34.9 Å². The summed E-state index contributed by atoms with van der Waals surface area (Å²) in [5.41, 5.74) is 2.04. The zero-order valence-electron chi connectivity index (χ0n) is 8.56. The highest BCUT2D eigenvalue weighted by Gasteiger charge is 2.29. The fraction of sp³-hybridized carbons (Fsp3) is 0.231. The van der Waals surface area contributed by atoms with Gasteiger partial charge in [0.05, 0.1) is 5.92 Å². The van der Waals surface area contributed by atoms with E-state index in [1.54, 1.807) is 18.2 Å². The van der Waals surface area contributed by atoms with Crippen LogP contribution < -0.4 is 0 Å². The SMILES string of the molecule is C#Cc1ccc2c(c1)CC(C(=O)O)CC2=O. The van der Waals surface area contributed by atoms with Crippen LogP contribution in [-0.4, -0.2) is 16.9 Å². The van der Waals surface area contributed by atoms with Gasteiger partial charge < -0.3 is 5.11 Å². The van der Waals surface area contributed by atoms with Crippen LogP contribution in [0.3, 0.4) is 0 Å². The van der Waals surface area contributed by atoms with Gasteiger partial charge in [-0.3, -0.25) is 9.59 Å². The number of carbonyl (C=O) groups excluding carboxylic acids is 1. The molecule has 0 saturated heterocycles. The molecule has 3 heteroatoms. The van der Waals surface area contributed by atoms with Crippen LogP contribution in [0.4, 0.5) is 0 Å². The van der Waals surface area contributed by atoms with E-state index >= 15 is 0 Å². The highest BCUT2D eigenvalue weighted by atomic mass is 16.4. The third-order valence-corrected chi connectivity index (χ3v) is 2.82. The van der Waals surface area contributed by atoms with Gasteiger partial charge in [-0.2, -0.15) is 0 Å². The third-order valence-electron chi connectivity index (χ3n) is 2.82. The molecule has 1 aromatic carbocycles. The minimum absolute atomic E-state index is 0.0811. The molecule has 16 heavy (non-hydrogen) atoms. The number of terminal acetylenes is 1. The number of Topliss-reactive ketones (excluding diaryl/α,β-unsaturated/α-hetero) is 1. The van der Waals surface area contributed by atoms with Crippen LogP contribution >= 0.6 is 0 Å². The van der Waals surface area contributed by atoms with E-state index in [9.17, 15) is 9.59 Å². The van der Waals surface area contributed by atoms with Crippen molar-refractivity contribution in [1.29, 1.82) is 0 Å². The predicted octanol–water partition coefficient (Wildman–Crippen LogP) is 1.50. The maximum atomic E-state index is 11.7.